The maximum absolute atomic E-state index is 13.9. The van der Waals surface area contributed by atoms with Crippen molar-refractivity contribution >= 4 is 11.8 Å². The number of likely N-dealkylation sites (tertiary alicyclic amines) is 1. The van der Waals surface area contributed by atoms with E-state index in [-0.39, 0.29) is 30.2 Å². The van der Waals surface area contributed by atoms with Crippen LogP contribution < -0.4 is 4.74 Å². The Morgan fingerprint density at radius 2 is 2.06 bits per heavy atom. The number of benzene rings is 1. The lowest BCUT2D eigenvalue weighted by Gasteiger charge is -2.42. The Hall–Kier alpha value is -2.93. The molecule has 2 fully saturated rings. The number of pyridine rings is 1. The number of carbonyl (C=O) groups excluding carboxylic acids is 2. The molecule has 2 saturated heterocycles. The number of carbonyl (C=O) groups is 2. The van der Waals surface area contributed by atoms with Gasteiger partial charge in [0, 0.05) is 44.4 Å². The molecular weight excluding hydrogens is 406 g/mol. The van der Waals surface area contributed by atoms with Crippen molar-refractivity contribution in [3.8, 4) is 5.75 Å². The summed E-state index contributed by atoms with van der Waals surface area (Å²) in [4.78, 5) is 34.7. The Morgan fingerprint density at radius 3 is 2.72 bits per heavy atom. The van der Waals surface area contributed by atoms with Crippen molar-refractivity contribution in [2.24, 2.45) is 5.92 Å². The van der Waals surface area contributed by atoms with E-state index in [1.54, 1.807) is 24.4 Å². The van der Waals surface area contributed by atoms with E-state index >= 15 is 0 Å². The first kappa shape index (κ1) is 22.3. The standard InChI is InChI=1S/C25H31N3O4/c1-18(2)13-23(29)28-16-22(20-5-4-10-26-14-20)25(17-28)24(30)27(11-12-32-25)15-19-6-8-21(31-3)9-7-19/h4-10,14,18,22H,11-13,15-17H2,1-3H3/t22-,25-/m0/s1. The van der Waals surface area contributed by atoms with E-state index in [2.05, 4.69) is 4.98 Å². The van der Waals surface area contributed by atoms with Crippen LogP contribution in [0.4, 0.5) is 0 Å². The van der Waals surface area contributed by atoms with Crippen molar-refractivity contribution in [3.05, 3.63) is 59.9 Å². The lowest BCUT2D eigenvalue weighted by atomic mass is 9.83. The largest absolute Gasteiger partial charge is 0.497 e. The number of rotatable bonds is 6. The van der Waals surface area contributed by atoms with Gasteiger partial charge in [-0.2, -0.15) is 0 Å². The van der Waals surface area contributed by atoms with Gasteiger partial charge in [-0.1, -0.05) is 32.0 Å². The maximum atomic E-state index is 13.9. The molecule has 0 saturated carbocycles. The maximum Gasteiger partial charge on any atom is 0.257 e. The van der Waals surface area contributed by atoms with Gasteiger partial charge in [0.1, 0.15) is 5.75 Å². The van der Waals surface area contributed by atoms with Crippen molar-refractivity contribution in [2.45, 2.75) is 38.3 Å². The van der Waals surface area contributed by atoms with Crippen LogP contribution in [0.1, 0.15) is 37.3 Å². The highest BCUT2D eigenvalue weighted by molar-refractivity contribution is 5.90. The van der Waals surface area contributed by atoms with Gasteiger partial charge in [0.15, 0.2) is 5.60 Å². The first-order valence-electron chi connectivity index (χ1n) is 11.2. The second-order valence-electron chi connectivity index (χ2n) is 9.02. The highest BCUT2D eigenvalue weighted by Crippen LogP contribution is 2.42. The van der Waals surface area contributed by atoms with Crippen molar-refractivity contribution in [3.63, 3.8) is 0 Å². The van der Waals surface area contributed by atoms with Crippen LogP contribution in [-0.2, 0) is 20.9 Å². The second-order valence-corrected chi connectivity index (χ2v) is 9.02. The summed E-state index contributed by atoms with van der Waals surface area (Å²) in [6.07, 6.45) is 3.95. The molecule has 170 valence electrons. The molecule has 2 aliphatic heterocycles. The minimum absolute atomic E-state index is 0.0618. The number of nitrogens with zero attached hydrogens (tertiary/aromatic N) is 3. The molecule has 1 aromatic heterocycles. The molecule has 2 aromatic rings. The number of hydrogen-bond donors (Lipinski definition) is 0. The van der Waals surface area contributed by atoms with E-state index in [1.165, 1.54) is 0 Å². The monoisotopic (exact) mass is 437 g/mol. The van der Waals surface area contributed by atoms with Crippen molar-refractivity contribution in [1.29, 1.82) is 0 Å². The van der Waals surface area contributed by atoms with E-state index in [0.717, 1.165) is 16.9 Å². The average molecular weight is 438 g/mol. The normalized spacial score (nSPS) is 23.2. The average Bonchev–Trinajstić information content (AvgIpc) is 3.18. The third-order valence-electron chi connectivity index (χ3n) is 6.32. The minimum Gasteiger partial charge on any atom is -0.497 e. The Bertz CT molecular complexity index is 947. The van der Waals surface area contributed by atoms with Gasteiger partial charge in [-0.25, -0.2) is 0 Å². The van der Waals surface area contributed by atoms with Gasteiger partial charge in [-0.15, -0.1) is 0 Å². The van der Waals surface area contributed by atoms with Crippen LogP contribution in [0.5, 0.6) is 5.75 Å². The third kappa shape index (κ3) is 4.35. The van der Waals surface area contributed by atoms with Gasteiger partial charge in [-0.3, -0.25) is 14.6 Å². The van der Waals surface area contributed by atoms with Crippen LogP contribution in [0.3, 0.4) is 0 Å². The number of amides is 2. The number of hydrogen-bond acceptors (Lipinski definition) is 5. The molecule has 0 N–H and O–H groups in total. The summed E-state index contributed by atoms with van der Waals surface area (Å²) in [5, 5.41) is 0. The van der Waals surface area contributed by atoms with E-state index in [9.17, 15) is 9.59 Å². The molecule has 0 unspecified atom stereocenters. The molecule has 7 heteroatoms. The van der Waals surface area contributed by atoms with Gasteiger partial charge in [-0.05, 0) is 35.2 Å². The Morgan fingerprint density at radius 1 is 1.28 bits per heavy atom. The van der Waals surface area contributed by atoms with E-state index in [0.29, 0.717) is 32.7 Å². The zero-order valence-electron chi connectivity index (χ0n) is 19.0. The molecule has 4 rings (SSSR count). The molecule has 1 aromatic carbocycles. The summed E-state index contributed by atoms with van der Waals surface area (Å²) >= 11 is 0. The van der Waals surface area contributed by atoms with Gasteiger partial charge >= 0.3 is 0 Å². The van der Waals surface area contributed by atoms with Crippen molar-refractivity contribution < 1.29 is 19.1 Å². The van der Waals surface area contributed by atoms with Gasteiger partial charge in [0.25, 0.3) is 5.91 Å². The SMILES string of the molecule is COc1ccc(CN2CCO[C@]3(CN(C(=O)CC(C)C)C[C@H]3c3cccnc3)C2=O)cc1. The van der Waals surface area contributed by atoms with Gasteiger partial charge in [0.05, 0.1) is 20.3 Å². The Labute approximate surface area is 189 Å². The van der Waals surface area contributed by atoms with Crippen LogP contribution in [0.15, 0.2) is 48.8 Å². The van der Waals surface area contributed by atoms with Gasteiger partial charge in [0.2, 0.25) is 5.91 Å². The van der Waals surface area contributed by atoms with E-state index < -0.39 is 5.60 Å². The quantitative estimate of drug-likeness (QED) is 0.695. The van der Waals surface area contributed by atoms with Crippen LogP contribution in [0.25, 0.3) is 0 Å². The molecule has 2 aliphatic rings. The fraction of sp³-hybridized carbons (Fsp3) is 0.480. The summed E-state index contributed by atoms with van der Waals surface area (Å²) in [7, 11) is 1.63. The molecular formula is C25H31N3O4. The molecule has 2 atom stereocenters. The topological polar surface area (TPSA) is 72.0 Å². The second kappa shape index (κ2) is 9.28. The van der Waals surface area contributed by atoms with Crippen molar-refractivity contribution in [2.75, 3.05) is 33.4 Å². The Kier molecular flexibility index (Phi) is 6.46. The molecule has 3 heterocycles. The summed E-state index contributed by atoms with van der Waals surface area (Å²) in [5.74, 6) is 0.789. The minimum atomic E-state index is -1.08. The number of morpholine rings is 1. The molecule has 1 spiro atoms. The summed E-state index contributed by atoms with van der Waals surface area (Å²) < 4.78 is 11.5. The van der Waals surface area contributed by atoms with E-state index in [1.807, 2.05) is 55.1 Å². The molecule has 0 bridgehead atoms. The molecule has 0 aliphatic carbocycles. The summed E-state index contributed by atoms with van der Waals surface area (Å²) in [5.41, 5.74) is 0.868. The highest BCUT2D eigenvalue weighted by Gasteiger charge is 2.57. The first-order valence-corrected chi connectivity index (χ1v) is 11.2. The van der Waals surface area contributed by atoms with Crippen molar-refractivity contribution in [1.82, 2.24) is 14.8 Å². The Balaban J connectivity index is 1.62. The fourth-order valence-corrected chi connectivity index (χ4v) is 4.69. The summed E-state index contributed by atoms with van der Waals surface area (Å²) in [6, 6.07) is 11.6. The molecule has 7 nitrogen and oxygen atoms in total. The van der Waals surface area contributed by atoms with Crippen LogP contribution in [0.2, 0.25) is 0 Å². The van der Waals surface area contributed by atoms with E-state index in [4.69, 9.17) is 9.47 Å². The lowest BCUT2D eigenvalue weighted by Crippen LogP contribution is -2.60. The predicted molar refractivity (Wildman–Crippen MR) is 120 cm³/mol. The number of methoxy groups -OCH3 is 1. The highest BCUT2D eigenvalue weighted by atomic mass is 16.5. The van der Waals surface area contributed by atoms with Crippen LogP contribution in [0, 0.1) is 5.92 Å². The smallest absolute Gasteiger partial charge is 0.257 e. The lowest BCUT2D eigenvalue weighted by molar-refractivity contribution is -0.173. The van der Waals surface area contributed by atoms with Crippen LogP contribution in [-0.4, -0.2) is 65.6 Å². The predicted octanol–water partition coefficient (Wildman–Crippen LogP) is 2.86. The zero-order valence-corrected chi connectivity index (χ0v) is 19.0. The number of aromatic nitrogens is 1. The first-order chi connectivity index (χ1) is 15.4. The van der Waals surface area contributed by atoms with Crippen LogP contribution >= 0.6 is 0 Å². The molecule has 2 amide bonds. The third-order valence-corrected chi connectivity index (χ3v) is 6.32. The summed E-state index contributed by atoms with van der Waals surface area (Å²) in [6.45, 7) is 6.24. The van der Waals surface area contributed by atoms with Gasteiger partial charge < -0.3 is 19.3 Å². The molecule has 0 radical (unpaired) electrons. The number of ether oxygens (including phenoxy) is 2. The molecule has 32 heavy (non-hydrogen) atoms. The fourth-order valence-electron chi connectivity index (χ4n) is 4.69. The zero-order chi connectivity index (χ0) is 22.7.